The molecule has 3 fully saturated rings. The highest BCUT2D eigenvalue weighted by Crippen LogP contribution is 2.70. The maximum atomic E-state index is 15.2. The molecule has 404 valence electrons. The molecule has 7 aromatic carbocycles. The van der Waals surface area contributed by atoms with Crippen LogP contribution in [0.15, 0.2) is 206 Å². The van der Waals surface area contributed by atoms with Crippen molar-refractivity contribution in [3.63, 3.8) is 0 Å². The molecule has 17 heteroatoms. The van der Waals surface area contributed by atoms with E-state index in [1.165, 1.54) is 74.5 Å². The Labute approximate surface area is 458 Å². The first-order valence-corrected chi connectivity index (χ1v) is 25.6. The number of hydrogen-bond acceptors (Lipinski definition) is 17. The molecule has 0 radical (unpaired) electrons. The summed E-state index contributed by atoms with van der Waals surface area (Å²) in [4.78, 5) is 101. The topological polar surface area (TPSA) is 212 Å². The molecule has 0 saturated carbocycles. The van der Waals surface area contributed by atoms with Crippen LogP contribution >= 0.6 is 0 Å². The summed E-state index contributed by atoms with van der Waals surface area (Å²) in [5, 5.41) is 0. The summed E-state index contributed by atoms with van der Waals surface area (Å²) in [6, 6.07) is 54.2. The van der Waals surface area contributed by atoms with Crippen molar-refractivity contribution in [2.45, 2.75) is 66.5 Å². The first kappa shape index (κ1) is 52.7. The Hall–Kier alpha value is -9.29. The highest BCUT2D eigenvalue weighted by atomic mass is 16.9. The van der Waals surface area contributed by atoms with Crippen molar-refractivity contribution >= 4 is 41.8 Å². The summed E-state index contributed by atoms with van der Waals surface area (Å²) >= 11 is 0. The molecule has 11 rings (SSSR count). The van der Waals surface area contributed by atoms with Gasteiger partial charge in [0.05, 0.1) is 33.4 Å². The second kappa shape index (κ2) is 21.2. The quantitative estimate of drug-likeness (QED) is 0.0617. The fourth-order valence-corrected chi connectivity index (χ4v) is 11.0. The van der Waals surface area contributed by atoms with E-state index in [9.17, 15) is 28.8 Å². The second-order valence-electron chi connectivity index (χ2n) is 19.9. The summed E-state index contributed by atoms with van der Waals surface area (Å²) in [5.41, 5.74) is -4.95. The molecule has 0 N–H and O–H groups in total. The van der Waals surface area contributed by atoms with Crippen LogP contribution in [0.3, 0.4) is 0 Å². The standard InChI is InChI=1S/C63H50O17/c1-59(37-71-52(64)40-23-9-3-10-24-40)48(74-55(67)43-29-15-6-16-30-43)49(75-56(68)44-31-17-7-18-32-44)60(2,78-59)79-62(39-73-54(66)42-27-13-5-14-28-42)51(76-57(69)45-33-19-8-20-34-45)50-61(38-72-53(65)41-25-11-4-12-26-41)46-35-21-22-36-47(46)63(61,80-62)58(70)77-50/h3-36,48-51H,37-39H2,1-2H3/t48?,49?,50?,51?,59-,60-,61+,62-,63?/m1/s1. The number of hydrogen-bond donors (Lipinski definition) is 0. The van der Waals surface area contributed by atoms with E-state index in [1.807, 2.05) is 0 Å². The van der Waals surface area contributed by atoms with Crippen LogP contribution in [0, 0.1) is 0 Å². The lowest BCUT2D eigenvalue weighted by Crippen LogP contribution is -2.79. The van der Waals surface area contributed by atoms with Crippen LogP contribution in [-0.4, -0.2) is 103 Å². The van der Waals surface area contributed by atoms with Gasteiger partial charge in [-0.05, 0) is 92.2 Å². The number of carbonyl (C=O) groups excluding carboxylic acids is 7. The molecule has 0 aromatic heterocycles. The predicted molar refractivity (Wildman–Crippen MR) is 280 cm³/mol. The molecule has 0 spiro atoms. The minimum Gasteiger partial charge on any atom is -0.461 e. The monoisotopic (exact) mass is 1080 g/mol. The summed E-state index contributed by atoms with van der Waals surface area (Å²) in [6.45, 7) is 0.431. The first-order chi connectivity index (χ1) is 38.7. The van der Waals surface area contributed by atoms with Crippen molar-refractivity contribution in [3.05, 3.63) is 251 Å². The van der Waals surface area contributed by atoms with Crippen molar-refractivity contribution in [2.75, 3.05) is 19.8 Å². The molecule has 1 aliphatic carbocycles. The van der Waals surface area contributed by atoms with Gasteiger partial charge in [0.2, 0.25) is 17.2 Å². The third-order valence-electron chi connectivity index (χ3n) is 14.7. The van der Waals surface area contributed by atoms with E-state index in [0.717, 1.165) is 0 Å². The summed E-state index contributed by atoms with van der Waals surface area (Å²) in [5.74, 6) is -11.7. The zero-order valence-electron chi connectivity index (χ0n) is 43.0. The van der Waals surface area contributed by atoms with E-state index in [1.54, 1.807) is 146 Å². The average Bonchev–Trinajstić information content (AvgIpc) is 1.42. The van der Waals surface area contributed by atoms with Crippen molar-refractivity contribution in [1.29, 1.82) is 0 Å². The SMILES string of the molecule is C[C@]1(O[C@]2(COC(=O)c3ccccc3)OC34C(=O)OC(C2OC(=O)c2ccccc2)[C@]3(COC(=O)c2ccccc2)c2ccccc24)O[C@](C)(COC(=O)c2ccccc2)C(OC(=O)c2ccccc2)C1OC(=O)c1ccccc1. The maximum Gasteiger partial charge on any atom is 0.344 e. The van der Waals surface area contributed by atoms with Gasteiger partial charge in [-0.25, -0.2) is 33.6 Å². The summed E-state index contributed by atoms with van der Waals surface area (Å²) in [6.07, 6.45) is -7.38. The number of carbonyl (C=O) groups is 7. The molecule has 7 aromatic rings. The normalized spacial score (nSPS) is 26.6. The lowest BCUT2D eigenvalue weighted by atomic mass is 9.49. The fraction of sp³-hybridized carbons (Fsp3) is 0.222. The molecule has 5 unspecified atom stereocenters. The Morgan fingerprint density at radius 1 is 0.400 bits per heavy atom. The van der Waals surface area contributed by atoms with E-state index in [2.05, 4.69) is 0 Å². The Bertz CT molecular complexity index is 3480. The Morgan fingerprint density at radius 3 is 1.19 bits per heavy atom. The third-order valence-corrected chi connectivity index (χ3v) is 14.7. The second-order valence-corrected chi connectivity index (χ2v) is 19.9. The molecule has 80 heavy (non-hydrogen) atoms. The maximum absolute atomic E-state index is 15.2. The predicted octanol–water partition coefficient (Wildman–Crippen LogP) is 8.55. The van der Waals surface area contributed by atoms with Crippen molar-refractivity contribution < 1.29 is 80.9 Å². The van der Waals surface area contributed by atoms with E-state index in [4.69, 9.17) is 47.4 Å². The van der Waals surface area contributed by atoms with Crippen LogP contribution in [0.2, 0.25) is 0 Å². The number of benzene rings is 7. The zero-order chi connectivity index (χ0) is 55.7. The van der Waals surface area contributed by atoms with Gasteiger partial charge in [0.15, 0.2) is 24.4 Å². The molecule has 17 nitrogen and oxygen atoms in total. The number of rotatable bonds is 17. The van der Waals surface area contributed by atoms with Gasteiger partial charge in [0, 0.05) is 5.56 Å². The minimum atomic E-state index is -2.79. The number of ether oxygens (including phenoxy) is 10. The average molecular weight is 1080 g/mol. The van der Waals surface area contributed by atoms with E-state index in [-0.39, 0.29) is 38.9 Å². The lowest BCUT2D eigenvalue weighted by molar-refractivity contribution is -0.439. The molecule has 0 amide bonds. The Kier molecular flexibility index (Phi) is 14.0. The number of esters is 7. The van der Waals surface area contributed by atoms with Crippen molar-refractivity contribution in [3.8, 4) is 0 Å². The van der Waals surface area contributed by atoms with Gasteiger partial charge in [0.25, 0.3) is 0 Å². The lowest BCUT2D eigenvalue weighted by Gasteiger charge is -2.62. The van der Waals surface area contributed by atoms with E-state index >= 15 is 4.79 Å². The smallest absolute Gasteiger partial charge is 0.344 e. The largest absolute Gasteiger partial charge is 0.461 e. The van der Waals surface area contributed by atoms with Crippen molar-refractivity contribution in [1.82, 2.24) is 0 Å². The van der Waals surface area contributed by atoms with E-state index in [0.29, 0.717) is 5.56 Å². The van der Waals surface area contributed by atoms with Gasteiger partial charge in [-0.2, -0.15) is 0 Å². The molecule has 3 heterocycles. The molecule has 3 aliphatic heterocycles. The van der Waals surface area contributed by atoms with Crippen LogP contribution in [0.4, 0.5) is 0 Å². The molecular formula is C63H50O17. The molecule has 2 bridgehead atoms. The first-order valence-electron chi connectivity index (χ1n) is 25.6. The summed E-state index contributed by atoms with van der Waals surface area (Å²) in [7, 11) is 0. The van der Waals surface area contributed by atoms with Gasteiger partial charge < -0.3 is 47.4 Å². The summed E-state index contributed by atoms with van der Waals surface area (Å²) < 4.78 is 65.4. The van der Waals surface area contributed by atoms with Gasteiger partial charge in [-0.1, -0.05) is 133 Å². The number of fused-ring (bicyclic) bond motifs is 1. The fourth-order valence-electron chi connectivity index (χ4n) is 11.0. The Morgan fingerprint density at radius 2 is 0.750 bits per heavy atom. The van der Waals surface area contributed by atoms with Crippen molar-refractivity contribution in [2.24, 2.45) is 0 Å². The highest BCUT2D eigenvalue weighted by molar-refractivity contribution is 5.96. The van der Waals surface area contributed by atoms with Crippen LogP contribution in [-0.2, 0) is 63.2 Å². The molecule has 3 saturated heterocycles. The van der Waals surface area contributed by atoms with Crippen LogP contribution in [0.5, 0.6) is 0 Å². The molecule has 9 atom stereocenters. The van der Waals surface area contributed by atoms with E-state index < -0.39 is 114 Å². The van der Waals surface area contributed by atoms with Crippen LogP contribution in [0.1, 0.15) is 87.1 Å². The van der Waals surface area contributed by atoms with Gasteiger partial charge in [0.1, 0.15) is 30.8 Å². The van der Waals surface area contributed by atoms with Gasteiger partial charge in [-0.15, -0.1) is 0 Å². The Balaban J connectivity index is 1.10. The highest BCUT2D eigenvalue weighted by Gasteiger charge is 2.87. The van der Waals surface area contributed by atoms with Gasteiger partial charge in [-0.3, -0.25) is 0 Å². The third kappa shape index (κ3) is 9.23. The van der Waals surface area contributed by atoms with Crippen LogP contribution in [0.25, 0.3) is 0 Å². The van der Waals surface area contributed by atoms with Crippen LogP contribution < -0.4 is 0 Å². The molecular weight excluding hydrogens is 1030 g/mol. The zero-order valence-corrected chi connectivity index (χ0v) is 43.0. The molecule has 4 aliphatic rings. The minimum absolute atomic E-state index is 0.0149. The van der Waals surface area contributed by atoms with Gasteiger partial charge >= 0.3 is 41.8 Å².